The van der Waals surface area contributed by atoms with E-state index in [-0.39, 0.29) is 17.5 Å². The number of phenolic OH excluding ortho intramolecular Hbond substituents is 2. The molecule has 2 N–H and O–H groups in total. The first-order valence-corrected chi connectivity index (χ1v) is 4.55. The van der Waals surface area contributed by atoms with Gasteiger partial charge in [-0.3, -0.25) is 0 Å². The fourth-order valence-corrected chi connectivity index (χ4v) is 1.42. The SMILES string of the molecule is C[C@H](c1cc(O)cc(O)c1)n1nccn1. The molecule has 0 amide bonds. The zero-order chi connectivity index (χ0) is 10.8. The number of rotatable bonds is 2. The van der Waals surface area contributed by atoms with Crippen molar-refractivity contribution in [3.05, 3.63) is 36.2 Å². The Morgan fingerprint density at radius 2 is 1.60 bits per heavy atom. The molecule has 0 bridgehead atoms. The molecule has 5 heteroatoms. The van der Waals surface area contributed by atoms with Gasteiger partial charge in [-0.2, -0.15) is 15.0 Å². The minimum absolute atomic E-state index is 0.0315. The molecular weight excluding hydrogens is 194 g/mol. The number of nitrogens with zero attached hydrogens (tertiary/aromatic N) is 3. The summed E-state index contributed by atoms with van der Waals surface area (Å²) < 4.78 is 0. The van der Waals surface area contributed by atoms with E-state index in [1.807, 2.05) is 6.92 Å². The Labute approximate surface area is 86.6 Å². The standard InChI is InChI=1S/C10H11N3O2/c1-7(13-11-2-3-12-13)8-4-9(14)6-10(15)5-8/h2-7,14-15H,1H3/t7-/m1/s1. The van der Waals surface area contributed by atoms with Crippen LogP contribution in [-0.4, -0.2) is 25.2 Å². The van der Waals surface area contributed by atoms with Gasteiger partial charge in [0, 0.05) is 6.07 Å². The highest BCUT2D eigenvalue weighted by atomic mass is 16.3. The van der Waals surface area contributed by atoms with Gasteiger partial charge >= 0.3 is 0 Å². The quantitative estimate of drug-likeness (QED) is 0.775. The smallest absolute Gasteiger partial charge is 0.119 e. The molecule has 0 spiro atoms. The molecule has 0 saturated carbocycles. The van der Waals surface area contributed by atoms with Crippen LogP contribution in [0.3, 0.4) is 0 Å². The molecule has 1 aromatic carbocycles. The van der Waals surface area contributed by atoms with Crippen molar-refractivity contribution in [3.63, 3.8) is 0 Å². The number of hydrogen-bond donors (Lipinski definition) is 2. The van der Waals surface area contributed by atoms with Gasteiger partial charge in [0.1, 0.15) is 11.5 Å². The van der Waals surface area contributed by atoms with E-state index >= 15 is 0 Å². The van der Waals surface area contributed by atoms with Crippen LogP contribution in [0.4, 0.5) is 0 Å². The molecule has 2 aromatic rings. The van der Waals surface area contributed by atoms with Crippen LogP contribution in [0.15, 0.2) is 30.6 Å². The molecule has 0 fully saturated rings. The average Bonchev–Trinajstić information content (AvgIpc) is 2.67. The van der Waals surface area contributed by atoms with E-state index in [0.717, 1.165) is 5.56 Å². The van der Waals surface area contributed by atoms with Crippen LogP contribution in [0, 0.1) is 0 Å². The first-order chi connectivity index (χ1) is 7.16. The fourth-order valence-electron chi connectivity index (χ4n) is 1.42. The van der Waals surface area contributed by atoms with Crippen molar-refractivity contribution in [1.29, 1.82) is 0 Å². The number of phenols is 2. The summed E-state index contributed by atoms with van der Waals surface area (Å²) in [6, 6.07) is 4.31. The van der Waals surface area contributed by atoms with Gasteiger partial charge in [-0.05, 0) is 24.6 Å². The van der Waals surface area contributed by atoms with Crippen LogP contribution >= 0.6 is 0 Å². The van der Waals surface area contributed by atoms with Crippen molar-refractivity contribution >= 4 is 0 Å². The van der Waals surface area contributed by atoms with E-state index in [1.165, 1.54) is 10.9 Å². The van der Waals surface area contributed by atoms with Crippen LogP contribution in [0.2, 0.25) is 0 Å². The number of hydrogen-bond acceptors (Lipinski definition) is 4. The summed E-state index contributed by atoms with van der Waals surface area (Å²) in [5.74, 6) is 0.0630. The first-order valence-electron chi connectivity index (χ1n) is 4.55. The summed E-state index contributed by atoms with van der Waals surface area (Å²) >= 11 is 0. The Hall–Kier alpha value is -2.04. The first kappa shape index (κ1) is 9.51. The Morgan fingerprint density at radius 1 is 1.07 bits per heavy atom. The van der Waals surface area contributed by atoms with Crippen molar-refractivity contribution in [2.75, 3.05) is 0 Å². The van der Waals surface area contributed by atoms with Gasteiger partial charge in [0.2, 0.25) is 0 Å². The van der Waals surface area contributed by atoms with Crippen molar-refractivity contribution in [1.82, 2.24) is 15.0 Å². The lowest BCUT2D eigenvalue weighted by Gasteiger charge is -2.11. The second kappa shape index (κ2) is 3.61. The van der Waals surface area contributed by atoms with Crippen LogP contribution in [0.1, 0.15) is 18.5 Å². The second-order valence-electron chi connectivity index (χ2n) is 3.31. The maximum absolute atomic E-state index is 9.33. The molecule has 0 unspecified atom stereocenters. The van der Waals surface area contributed by atoms with Gasteiger partial charge in [0.25, 0.3) is 0 Å². The zero-order valence-corrected chi connectivity index (χ0v) is 8.20. The number of aromatic nitrogens is 3. The molecule has 0 aliphatic heterocycles. The maximum Gasteiger partial charge on any atom is 0.119 e. The molecule has 1 atom stereocenters. The van der Waals surface area contributed by atoms with Gasteiger partial charge < -0.3 is 10.2 Å². The Balaban J connectivity index is 2.37. The maximum atomic E-state index is 9.33. The molecule has 0 aliphatic rings. The zero-order valence-electron chi connectivity index (χ0n) is 8.20. The highest BCUT2D eigenvalue weighted by Gasteiger charge is 2.10. The molecule has 0 saturated heterocycles. The predicted octanol–water partition coefficient (Wildman–Crippen LogP) is 1.30. The second-order valence-corrected chi connectivity index (χ2v) is 3.31. The molecule has 0 aliphatic carbocycles. The van der Waals surface area contributed by atoms with E-state index < -0.39 is 0 Å². The normalized spacial score (nSPS) is 12.6. The van der Waals surface area contributed by atoms with Crippen molar-refractivity contribution in [3.8, 4) is 11.5 Å². The van der Waals surface area contributed by atoms with E-state index in [0.29, 0.717) is 0 Å². The van der Waals surface area contributed by atoms with Crippen molar-refractivity contribution in [2.24, 2.45) is 0 Å². The summed E-state index contributed by atoms with van der Waals surface area (Å²) in [4.78, 5) is 1.51. The molecule has 1 aromatic heterocycles. The number of benzene rings is 1. The third-order valence-corrected chi connectivity index (χ3v) is 2.19. The lowest BCUT2D eigenvalue weighted by atomic mass is 10.1. The summed E-state index contributed by atoms with van der Waals surface area (Å²) in [5.41, 5.74) is 0.753. The van der Waals surface area contributed by atoms with E-state index in [4.69, 9.17) is 0 Å². The topological polar surface area (TPSA) is 71.2 Å². The van der Waals surface area contributed by atoms with E-state index in [9.17, 15) is 10.2 Å². The minimum Gasteiger partial charge on any atom is -0.508 e. The van der Waals surface area contributed by atoms with Crippen LogP contribution in [-0.2, 0) is 0 Å². The van der Waals surface area contributed by atoms with E-state index in [2.05, 4.69) is 10.2 Å². The molecular formula is C10H11N3O2. The van der Waals surface area contributed by atoms with Gasteiger partial charge in [-0.15, -0.1) is 0 Å². The molecule has 0 radical (unpaired) electrons. The predicted molar refractivity (Wildman–Crippen MR) is 53.6 cm³/mol. The van der Waals surface area contributed by atoms with Crippen LogP contribution < -0.4 is 0 Å². The fraction of sp³-hybridized carbons (Fsp3) is 0.200. The highest BCUT2D eigenvalue weighted by molar-refractivity contribution is 5.37. The summed E-state index contributed by atoms with van der Waals surface area (Å²) in [7, 11) is 0. The summed E-state index contributed by atoms with van der Waals surface area (Å²) in [6.45, 7) is 1.88. The average molecular weight is 205 g/mol. The van der Waals surface area contributed by atoms with Gasteiger partial charge in [-0.1, -0.05) is 0 Å². The highest BCUT2D eigenvalue weighted by Crippen LogP contribution is 2.25. The third-order valence-electron chi connectivity index (χ3n) is 2.19. The number of aromatic hydroxyl groups is 2. The van der Waals surface area contributed by atoms with Crippen molar-refractivity contribution in [2.45, 2.75) is 13.0 Å². The molecule has 78 valence electrons. The lowest BCUT2D eigenvalue weighted by Crippen LogP contribution is -2.09. The molecule has 2 rings (SSSR count). The van der Waals surface area contributed by atoms with Crippen molar-refractivity contribution < 1.29 is 10.2 Å². The van der Waals surface area contributed by atoms with Crippen LogP contribution in [0.5, 0.6) is 11.5 Å². The lowest BCUT2D eigenvalue weighted by molar-refractivity contribution is 0.441. The van der Waals surface area contributed by atoms with Gasteiger partial charge in [-0.25, -0.2) is 0 Å². The van der Waals surface area contributed by atoms with Gasteiger partial charge in [0.15, 0.2) is 0 Å². The molecule has 15 heavy (non-hydrogen) atoms. The Kier molecular flexibility index (Phi) is 2.29. The van der Waals surface area contributed by atoms with Gasteiger partial charge in [0.05, 0.1) is 18.4 Å². The minimum atomic E-state index is -0.127. The Bertz CT molecular complexity index is 433. The van der Waals surface area contributed by atoms with E-state index in [1.54, 1.807) is 24.5 Å². The Morgan fingerprint density at radius 3 is 2.13 bits per heavy atom. The third kappa shape index (κ3) is 1.90. The monoisotopic (exact) mass is 205 g/mol. The molecule has 5 nitrogen and oxygen atoms in total. The summed E-state index contributed by atoms with van der Waals surface area (Å²) in [5, 5.41) is 26.6. The summed E-state index contributed by atoms with van der Waals surface area (Å²) in [6.07, 6.45) is 3.16. The molecule has 1 heterocycles. The largest absolute Gasteiger partial charge is 0.508 e. The van der Waals surface area contributed by atoms with Crippen LogP contribution in [0.25, 0.3) is 0 Å².